The number of para-hydroxylation sites is 1. The van der Waals surface area contributed by atoms with Crippen molar-refractivity contribution in [3.05, 3.63) is 60.0 Å². The maximum Gasteiger partial charge on any atom is 0.412 e. The Morgan fingerprint density at radius 1 is 1.09 bits per heavy atom. The summed E-state index contributed by atoms with van der Waals surface area (Å²) in [6.07, 6.45) is 1.23. The van der Waals surface area contributed by atoms with Crippen molar-refractivity contribution in [2.24, 2.45) is 0 Å². The second-order valence-corrected chi connectivity index (χ2v) is 8.63. The molecule has 3 amide bonds. The fraction of sp³-hybridized carbons (Fsp3) is 0.292. The van der Waals surface area contributed by atoms with Crippen LogP contribution in [0.15, 0.2) is 48.7 Å². The number of aromatic nitrogens is 1. The van der Waals surface area contributed by atoms with Crippen molar-refractivity contribution in [3.63, 3.8) is 0 Å². The number of hydrogen-bond acceptors (Lipinski definition) is 4. The van der Waals surface area contributed by atoms with E-state index in [1.807, 2.05) is 24.3 Å². The van der Waals surface area contributed by atoms with Gasteiger partial charge in [0.2, 0.25) is 11.8 Å². The summed E-state index contributed by atoms with van der Waals surface area (Å²) in [6.45, 7) is 6.40. The highest BCUT2D eigenvalue weighted by Crippen LogP contribution is 2.22. The molecular formula is C24H27FN4O4. The molecule has 2 aromatic carbocycles. The average Bonchev–Trinajstić information content (AvgIpc) is 3.11. The quantitative estimate of drug-likeness (QED) is 0.444. The number of carbonyl (C=O) groups excluding carboxylic acids is 3. The Morgan fingerprint density at radius 3 is 2.52 bits per heavy atom. The van der Waals surface area contributed by atoms with Crippen molar-refractivity contribution in [3.8, 4) is 0 Å². The number of ether oxygens (including phenoxy) is 1. The second-order valence-electron chi connectivity index (χ2n) is 8.63. The third kappa shape index (κ3) is 6.55. The van der Waals surface area contributed by atoms with E-state index in [0.29, 0.717) is 0 Å². The molecule has 0 saturated carbocycles. The van der Waals surface area contributed by atoms with E-state index in [2.05, 4.69) is 20.9 Å². The molecule has 33 heavy (non-hydrogen) atoms. The van der Waals surface area contributed by atoms with Gasteiger partial charge in [0.25, 0.3) is 0 Å². The molecule has 0 aliphatic carbocycles. The maximum atomic E-state index is 14.2. The molecule has 4 N–H and O–H groups in total. The van der Waals surface area contributed by atoms with Crippen LogP contribution in [-0.4, -0.2) is 34.5 Å². The number of halogens is 1. The van der Waals surface area contributed by atoms with Gasteiger partial charge in [-0.1, -0.05) is 18.2 Å². The number of fused-ring (bicyclic) bond motifs is 1. The highest BCUT2D eigenvalue weighted by Gasteiger charge is 2.23. The van der Waals surface area contributed by atoms with Crippen LogP contribution in [0.1, 0.15) is 33.3 Å². The first-order chi connectivity index (χ1) is 15.5. The lowest BCUT2D eigenvalue weighted by molar-refractivity contribution is -0.125. The molecule has 0 aliphatic heterocycles. The van der Waals surface area contributed by atoms with Crippen molar-refractivity contribution in [1.82, 2.24) is 10.3 Å². The first kappa shape index (κ1) is 23.8. The first-order valence-corrected chi connectivity index (χ1v) is 10.4. The minimum Gasteiger partial charge on any atom is -0.444 e. The summed E-state index contributed by atoms with van der Waals surface area (Å²) in [7, 11) is 0. The Kier molecular flexibility index (Phi) is 7.01. The zero-order valence-electron chi connectivity index (χ0n) is 18.9. The molecule has 1 heterocycles. The lowest BCUT2D eigenvalue weighted by Gasteiger charge is -2.20. The van der Waals surface area contributed by atoms with Crippen LogP contribution in [0, 0.1) is 5.82 Å². The highest BCUT2D eigenvalue weighted by atomic mass is 19.1. The third-order valence-corrected chi connectivity index (χ3v) is 4.66. The van der Waals surface area contributed by atoms with Crippen LogP contribution < -0.4 is 16.0 Å². The summed E-state index contributed by atoms with van der Waals surface area (Å²) in [6, 6.07) is 10.5. The standard InChI is InChI=1S/C24H27FN4O4/c1-14(30)27-21(11-15-13-26-19-8-6-5-7-17(15)19)22(31)28-16-9-10-18(25)20(12-16)29-23(32)33-24(2,3)4/h5-10,12-13,21,26H,11H2,1-4H3,(H,27,30)(H,28,31)(H,29,32). The Labute approximate surface area is 190 Å². The summed E-state index contributed by atoms with van der Waals surface area (Å²) in [5.74, 6) is -1.53. The number of anilines is 2. The van der Waals surface area contributed by atoms with E-state index in [0.717, 1.165) is 22.5 Å². The number of rotatable bonds is 6. The van der Waals surface area contributed by atoms with E-state index < -0.39 is 29.5 Å². The van der Waals surface area contributed by atoms with Gasteiger partial charge in [0.15, 0.2) is 0 Å². The van der Waals surface area contributed by atoms with Crippen molar-refractivity contribution in [1.29, 1.82) is 0 Å². The van der Waals surface area contributed by atoms with Gasteiger partial charge in [-0.15, -0.1) is 0 Å². The van der Waals surface area contributed by atoms with Gasteiger partial charge < -0.3 is 20.4 Å². The fourth-order valence-corrected chi connectivity index (χ4v) is 3.32. The van der Waals surface area contributed by atoms with Gasteiger partial charge >= 0.3 is 6.09 Å². The van der Waals surface area contributed by atoms with Gasteiger partial charge in [-0.25, -0.2) is 9.18 Å². The summed E-state index contributed by atoms with van der Waals surface area (Å²) in [5, 5.41) is 8.62. The van der Waals surface area contributed by atoms with Gasteiger partial charge in [-0.3, -0.25) is 14.9 Å². The molecule has 174 valence electrons. The van der Waals surface area contributed by atoms with E-state index in [9.17, 15) is 18.8 Å². The van der Waals surface area contributed by atoms with E-state index in [1.54, 1.807) is 27.0 Å². The van der Waals surface area contributed by atoms with Crippen LogP contribution in [0.25, 0.3) is 10.9 Å². The predicted molar refractivity (Wildman–Crippen MR) is 124 cm³/mol. The molecule has 0 saturated heterocycles. The van der Waals surface area contributed by atoms with Gasteiger partial charge in [-0.05, 0) is 50.6 Å². The van der Waals surface area contributed by atoms with Crippen molar-refractivity contribution in [2.75, 3.05) is 10.6 Å². The van der Waals surface area contributed by atoms with Gasteiger partial charge in [0.05, 0.1) is 5.69 Å². The minimum absolute atomic E-state index is 0.144. The van der Waals surface area contributed by atoms with Crippen LogP contribution in [-0.2, 0) is 20.7 Å². The molecule has 1 aromatic heterocycles. The van der Waals surface area contributed by atoms with E-state index in [1.165, 1.54) is 19.1 Å². The van der Waals surface area contributed by atoms with Gasteiger partial charge in [0.1, 0.15) is 17.5 Å². The number of amides is 3. The van der Waals surface area contributed by atoms with Crippen LogP contribution in [0.2, 0.25) is 0 Å². The van der Waals surface area contributed by atoms with E-state index >= 15 is 0 Å². The molecule has 0 radical (unpaired) electrons. The Bertz CT molecular complexity index is 1180. The molecule has 1 atom stereocenters. The Balaban J connectivity index is 1.76. The first-order valence-electron chi connectivity index (χ1n) is 10.4. The van der Waals surface area contributed by atoms with Crippen LogP contribution in [0.5, 0.6) is 0 Å². The molecule has 0 spiro atoms. The molecule has 3 rings (SSSR count). The zero-order chi connectivity index (χ0) is 24.2. The zero-order valence-corrected chi connectivity index (χ0v) is 18.9. The normalized spacial score (nSPS) is 12.2. The van der Waals surface area contributed by atoms with Crippen molar-refractivity contribution >= 4 is 40.2 Å². The topological polar surface area (TPSA) is 112 Å². The third-order valence-electron chi connectivity index (χ3n) is 4.66. The number of carbonyl (C=O) groups is 3. The van der Waals surface area contributed by atoms with Gasteiger partial charge in [0, 0.05) is 36.1 Å². The Morgan fingerprint density at radius 2 is 1.82 bits per heavy atom. The fourth-order valence-electron chi connectivity index (χ4n) is 3.32. The van der Waals surface area contributed by atoms with E-state index in [4.69, 9.17) is 4.74 Å². The smallest absolute Gasteiger partial charge is 0.412 e. The molecule has 0 bridgehead atoms. The number of benzene rings is 2. The monoisotopic (exact) mass is 454 g/mol. The maximum absolute atomic E-state index is 14.2. The summed E-state index contributed by atoms with van der Waals surface area (Å²) >= 11 is 0. The van der Waals surface area contributed by atoms with Crippen LogP contribution >= 0.6 is 0 Å². The number of nitrogens with one attached hydrogen (secondary N) is 4. The molecule has 0 aliphatic rings. The highest BCUT2D eigenvalue weighted by molar-refractivity contribution is 5.98. The van der Waals surface area contributed by atoms with E-state index in [-0.39, 0.29) is 23.7 Å². The van der Waals surface area contributed by atoms with Crippen molar-refractivity contribution < 1.29 is 23.5 Å². The van der Waals surface area contributed by atoms with Crippen molar-refractivity contribution in [2.45, 2.75) is 45.8 Å². The predicted octanol–water partition coefficient (Wildman–Crippen LogP) is 4.34. The molecule has 8 nitrogen and oxygen atoms in total. The number of hydrogen-bond donors (Lipinski definition) is 4. The summed E-state index contributed by atoms with van der Waals surface area (Å²) < 4.78 is 19.3. The Hall–Kier alpha value is -3.88. The SMILES string of the molecule is CC(=O)NC(Cc1c[nH]c2ccccc12)C(=O)Nc1ccc(F)c(NC(=O)OC(C)(C)C)c1. The summed E-state index contributed by atoms with van der Waals surface area (Å²) in [4.78, 5) is 39.8. The molecule has 1 unspecified atom stereocenters. The largest absolute Gasteiger partial charge is 0.444 e. The molecular weight excluding hydrogens is 427 g/mol. The lowest BCUT2D eigenvalue weighted by atomic mass is 10.0. The summed E-state index contributed by atoms with van der Waals surface area (Å²) in [5.41, 5.74) is 1.15. The van der Waals surface area contributed by atoms with Gasteiger partial charge in [-0.2, -0.15) is 0 Å². The molecule has 9 heteroatoms. The van der Waals surface area contributed by atoms with Crippen LogP contribution in [0.4, 0.5) is 20.6 Å². The number of H-pyrrole nitrogens is 1. The number of aromatic amines is 1. The molecule has 0 fully saturated rings. The second kappa shape index (κ2) is 9.72. The minimum atomic E-state index is -0.867. The average molecular weight is 455 g/mol. The lowest BCUT2D eigenvalue weighted by Crippen LogP contribution is -2.44. The van der Waals surface area contributed by atoms with Crippen LogP contribution in [0.3, 0.4) is 0 Å². The molecule has 3 aromatic rings.